The number of hydrogen-bond donors (Lipinski definition) is 1. The Morgan fingerprint density at radius 1 is 1.58 bits per heavy atom. The van der Waals surface area contributed by atoms with E-state index < -0.39 is 10.0 Å². The van der Waals surface area contributed by atoms with Gasteiger partial charge in [-0.1, -0.05) is 13.0 Å². The van der Waals surface area contributed by atoms with Gasteiger partial charge in [-0.25, -0.2) is 8.42 Å². The summed E-state index contributed by atoms with van der Waals surface area (Å²) in [4.78, 5) is 1.47. The van der Waals surface area contributed by atoms with Crippen molar-refractivity contribution in [3.63, 3.8) is 0 Å². The van der Waals surface area contributed by atoms with Crippen LogP contribution in [0.15, 0.2) is 29.0 Å². The van der Waals surface area contributed by atoms with Crippen molar-refractivity contribution in [3.8, 4) is 0 Å². The first-order valence-electron chi connectivity index (χ1n) is 6.49. The third-order valence-corrected chi connectivity index (χ3v) is 6.10. The summed E-state index contributed by atoms with van der Waals surface area (Å²) < 4.78 is 26.2. The van der Waals surface area contributed by atoms with Crippen LogP contribution < -0.4 is 5.32 Å². The van der Waals surface area contributed by atoms with Gasteiger partial charge in [0, 0.05) is 35.9 Å². The minimum atomic E-state index is -3.37. The Labute approximate surface area is 119 Å². The highest BCUT2D eigenvalue weighted by molar-refractivity contribution is 7.89. The Kier molecular flexibility index (Phi) is 4.78. The first-order chi connectivity index (χ1) is 9.07. The molecule has 6 heteroatoms. The van der Waals surface area contributed by atoms with Gasteiger partial charge >= 0.3 is 0 Å². The Morgan fingerprint density at radius 3 is 2.89 bits per heavy atom. The molecule has 0 saturated heterocycles. The molecule has 1 saturated carbocycles. The van der Waals surface area contributed by atoms with E-state index in [0.717, 1.165) is 11.4 Å². The summed E-state index contributed by atoms with van der Waals surface area (Å²) in [6, 6.07) is 2.41. The quantitative estimate of drug-likeness (QED) is 0.749. The molecule has 0 amide bonds. The average molecular weight is 300 g/mol. The molecular weight excluding hydrogens is 280 g/mol. The number of likely N-dealkylation sites (N-methyl/N-ethyl adjacent to an activating group) is 1. The summed E-state index contributed by atoms with van der Waals surface area (Å²) in [5.74, 6) is 0. The molecule has 0 unspecified atom stereocenters. The maximum Gasteiger partial charge on any atom is 0.244 e. The molecule has 0 bridgehead atoms. The molecule has 4 nitrogen and oxygen atoms in total. The van der Waals surface area contributed by atoms with Gasteiger partial charge in [-0.15, -0.1) is 17.9 Å². The van der Waals surface area contributed by atoms with Crippen molar-refractivity contribution < 1.29 is 8.42 Å². The summed E-state index contributed by atoms with van der Waals surface area (Å²) in [5, 5.41) is 5.12. The van der Waals surface area contributed by atoms with Crippen LogP contribution in [-0.4, -0.2) is 31.9 Å². The van der Waals surface area contributed by atoms with Gasteiger partial charge in [0.15, 0.2) is 0 Å². The molecule has 1 heterocycles. The fraction of sp³-hybridized carbons (Fsp3) is 0.538. The number of hydrogen-bond acceptors (Lipinski definition) is 4. The summed E-state index contributed by atoms with van der Waals surface area (Å²) in [7, 11) is -3.37. The van der Waals surface area contributed by atoms with E-state index in [9.17, 15) is 8.42 Å². The number of thiophene rings is 1. The van der Waals surface area contributed by atoms with E-state index in [4.69, 9.17) is 0 Å². The standard InChI is InChI=1S/C13H20N2O2S2/c1-3-7-15(4-2)19(16,17)13-8-12(18-10-13)9-14-11-5-6-11/h3,8,10-11,14H,1,4-7,9H2,2H3. The maximum atomic E-state index is 12.4. The fourth-order valence-corrected chi connectivity index (χ4v) is 4.44. The molecule has 1 fully saturated rings. The molecule has 0 radical (unpaired) electrons. The molecular formula is C13H20N2O2S2. The van der Waals surface area contributed by atoms with Crippen LogP contribution in [0.4, 0.5) is 0 Å². The second-order valence-corrected chi connectivity index (χ2v) is 7.58. The van der Waals surface area contributed by atoms with Crippen molar-refractivity contribution >= 4 is 21.4 Å². The summed E-state index contributed by atoms with van der Waals surface area (Å²) >= 11 is 1.50. The average Bonchev–Trinajstić information content (AvgIpc) is 3.09. The zero-order valence-electron chi connectivity index (χ0n) is 11.1. The van der Waals surface area contributed by atoms with Crippen molar-refractivity contribution in [1.29, 1.82) is 0 Å². The molecule has 0 aliphatic heterocycles. The number of nitrogens with zero attached hydrogens (tertiary/aromatic N) is 1. The van der Waals surface area contributed by atoms with Gasteiger partial charge in [-0.3, -0.25) is 0 Å². The van der Waals surface area contributed by atoms with Crippen LogP contribution in [0.5, 0.6) is 0 Å². The Balaban J connectivity index is 2.08. The molecule has 2 rings (SSSR count). The van der Waals surface area contributed by atoms with Gasteiger partial charge in [0.2, 0.25) is 10.0 Å². The van der Waals surface area contributed by atoms with Crippen LogP contribution in [0.25, 0.3) is 0 Å². The molecule has 1 aromatic heterocycles. The second-order valence-electron chi connectivity index (χ2n) is 4.65. The highest BCUT2D eigenvalue weighted by atomic mass is 32.2. The third-order valence-electron chi connectivity index (χ3n) is 3.10. The van der Waals surface area contributed by atoms with Crippen molar-refractivity contribution in [2.75, 3.05) is 13.1 Å². The topological polar surface area (TPSA) is 49.4 Å². The zero-order valence-corrected chi connectivity index (χ0v) is 12.8. The number of rotatable bonds is 8. The zero-order chi connectivity index (χ0) is 13.9. The van der Waals surface area contributed by atoms with E-state index in [2.05, 4.69) is 11.9 Å². The molecule has 0 atom stereocenters. The minimum absolute atomic E-state index is 0.352. The van der Waals surface area contributed by atoms with Gasteiger partial charge in [-0.2, -0.15) is 4.31 Å². The fourth-order valence-electron chi connectivity index (χ4n) is 1.81. The lowest BCUT2D eigenvalue weighted by Gasteiger charge is -2.17. The van der Waals surface area contributed by atoms with E-state index in [0.29, 0.717) is 24.0 Å². The van der Waals surface area contributed by atoms with Gasteiger partial charge < -0.3 is 5.32 Å². The predicted molar refractivity (Wildman–Crippen MR) is 78.8 cm³/mol. The molecule has 0 spiro atoms. The molecule has 1 N–H and O–H groups in total. The summed E-state index contributed by atoms with van der Waals surface area (Å²) in [5.41, 5.74) is 0. The van der Waals surface area contributed by atoms with Crippen molar-refractivity contribution in [2.45, 2.75) is 37.2 Å². The molecule has 1 aliphatic carbocycles. The number of sulfonamides is 1. The van der Waals surface area contributed by atoms with Gasteiger partial charge in [-0.05, 0) is 18.9 Å². The normalized spacial score (nSPS) is 15.9. The molecule has 1 aliphatic rings. The van der Waals surface area contributed by atoms with E-state index in [-0.39, 0.29) is 0 Å². The number of nitrogens with one attached hydrogen (secondary N) is 1. The Bertz CT molecular complexity index is 533. The van der Waals surface area contributed by atoms with E-state index >= 15 is 0 Å². The lowest BCUT2D eigenvalue weighted by atomic mass is 10.4. The first-order valence-corrected chi connectivity index (χ1v) is 8.81. The van der Waals surface area contributed by atoms with E-state index in [1.54, 1.807) is 17.5 Å². The molecule has 19 heavy (non-hydrogen) atoms. The van der Waals surface area contributed by atoms with Crippen LogP contribution in [0.2, 0.25) is 0 Å². The minimum Gasteiger partial charge on any atom is -0.309 e. The van der Waals surface area contributed by atoms with Crippen LogP contribution in [0, 0.1) is 0 Å². The van der Waals surface area contributed by atoms with E-state index in [1.165, 1.54) is 28.5 Å². The highest BCUT2D eigenvalue weighted by Crippen LogP contribution is 2.24. The Morgan fingerprint density at radius 2 is 2.32 bits per heavy atom. The van der Waals surface area contributed by atoms with Gasteiger partial charge in [0.1, 0.15) is 0 Å². The van der Waals surface area contributed by atoms with E-state index in [1.807, 2.05) is 6.92 Å². The second kappa shape index (κ2) is 6.17. The lowest BCUT2D eigenvalue weighted by molar-refractivity contribution is 0.460. The van der Waals surface area contributed by atoms with Crippen molar-refractivity contribution in [2.24, 2.45) is 0 Å². The highest BCUT2D eigenvalue weighted by Gasteiger charge is 2.24. The van der Waals surface area contributed by atoms with Gasteiger partial charge in [0.05, 0.1) is 4.90 Å². The lowest BCUT2D eigenvalue weighted by Crippen LogP contribution is -2.30. The summed E-state index contributed by atoms with van der Waals surface area (Å²) in [6.45, 7) is 7.01. The van der Waals surface area contributed by atoms with Crippen LogP contribution in [0.3, 0.4) is 0 Å². The predicted octanol–water partition coefficient (Wildman–Crippen LogP) is 2.20. The van der Waals surface area contributed by atoms with Crippen LogP contribution in [0.1, 0.15) is 24.6 Å². The molecule has 0 aromatic carbocycles. The monoisotopic (exact) mass is 300 g/mol. The molecule has 1 aromatic rings. The largest absolute Gasteiger partial charge is 0.309 e. The summed E-state index contributed by atoms with van der Waals surface area (Å²) in [6.07, 6.45) is 4.09. The third kappa shape index (κ3) is 3.66. The van der Waals surface area contributed by atoms with Gasteiger partial charge in [0.25, 0.3) is 0 Å². The van der Waals surface area contributed by atoms with Crippen molar-refractivity contribution in [1.82, 2.24) is 9.62 Å². The Hall–Kier alpha value is -0.690. The van der Waals surface area contributed by atoms with Crippen molar-refractivity contribution in [3.05, 3.63) is 29.0 Å². The smallest absolute Gasteiger partial charge is 0.244 e. The van der Waals surface area contributed by atoms with Crippen LogP contribution in [-0.2, 0) is 16.6 Å². The first kappa shape index (κ1) is 14.7. The molecule has 106 valence electrons. The maximum absolute atomic E-state index is 12.4. The SMILES string of the molecule is C=CCN(CC)S(=O)(=O)c1csc(CNC2CC2)c1. The van der Waals surface area contributed by atoms with Crippen LogP contribution >= 0.6 is 11.3 Å².